The smallest absolute Gasteiger partial charge is 0.339 e. The lowest BCUT2D eigenvalue weighted by molar-refractivity contribution is -0.114. The zero-order chi connectivity index (χ0) is 13.5. The molecule has 92 valence electrons. The average molecular weight is 245 g/mol. The number of carbonyl (C=O) groups excluding carboxylic acids is 2. The van der Waals surface area contributed by atoms with E-state index in [1.54, 1.807) is 30.3 Å². The molecule has 0 aliphatic heterocycles. The number of hydrogen-bond donors (Lipinski definition) is 2. The van der Waals surface area contributed by atoms with E-state index in [2.05, 4.69) is 10.1 Å². The maximum Gasteiger partial charge on any atom is 0.339 e. The van der Waals surface area contributed by atoms with Gasteiger partial charge in [-0.25, -0.2) is 4.79 Å². The molecular weight excluding hydrogens is 234 g/mol. The van der Waals surface area contributed by atoms with E-state index in [-0.39, 0.29) is 11.1 Å². The number of anilines is 1. The van der Waals surface area contributed by atoms with Crippen molar-refractivity contribution in [2.24, 2.45) is 5.73 Å². The Morgan fingerprint density at radius 1 is 1.44 bits per heavy atom. The number of nitrogens with two attached hydrogens (primary N) is 1. The van der Waals surface area contributed by atoms with Crippen molar-refractivity contribution in [3.63, 3.8) is 0 Å². The Hall–Kier alpha value is -2.81. The number of ether oxygens (including phenoxy) is 1. The van der Waals surface area contributed by atoms with E-state index < -0.39 is 11.9 Å². The van der Waals surface area contributed by atoms with Gasteiger partial charge in [0.05, 0.1) is 18.4 Å². The van der Waals surface area contributed by atoms with Crippen LogP contribution in [0.25, 0.3) is 0 Å². The zero-order valence-corrected chi connectivity index (χ0v) is 9.64. The SMILES string of the molecule is COC(=O)c1ccccc1N/C=C(/C#N)C(N)=O. The van der Waals surface area contributed by atoms with Crippen LogP contribution in [0.2, 0.25) is 0 Å². The van der Waals surface area contributed by atoms with Crippen LogP contribution in [0.5, 0.6) is 0 Å². The molecule has 6 nitrogen and oxygen atoms in total. The molecule has 0 unspecified atom stereocenters. The van der Waals surface area contributed by atoms with Gasteiger partial charge in [0.15, 0.2) is 0 Å². The van der Waals surface area contributed by atoms with Gasteiger partial charge in [-0.05, 0) is 12.1 Å². The Morgan fingerprint density at radius 2 is 2.11 bits per heavy atom. The number of amides is 1. The van der Waals surface area contributed by atoms with E-state index in [9.17, 15) is 9.59 Å². The molecule has 1 aromatic carbocycles. The average Bonchev–Trinajstić information content (AvgIpc) is 2.38. The zero-order valence-electron chi connectivity index (χ0n) is 9.64. The van der Waals surface area contributed by atoms with Gasteiger partial charge in [0.1, 0.15) is 11.6 Å². The van der Waals surface area contributed by atoms with Gasteiger partial charge < -0.3 is 15.8 Å². The van der Waals surface area contributed by atoms with E-state index in [1.807, 2.05) is 0 Å². The maximum atomic E-state index is 11.4. The van der Waals surface area contributed by atoms with Crippen LogP contribution in [0.4, 0.5) is 5.69 Å². The number of para-hydroxylation sites is 1. The van der Waals surface area contributed by atoms with Gasteiger partial charge in [-0.15, -0.1) is 0 Å². The minimum atomic E-state index is -0.847. The summed E-state index contributed by atoms with van der Waals surface area (Å²) in [7, 11) is 1.26. The van der Waals surface area contributed by atoms with E-state index >= 15 is 0 Å². The fourth-order valence-corrected chi connectivity index (χ4v) is 1.21. The molecule has 0 fully saturated rings. The second kappa shape index (κ2) is 6.06. The highest BCUT2D eigenvalue weighted by Crippen LogP contribution is 2.16. The topological polar surface area (TPSA) is 105 Å². The molecule has 0 spiro atoms. The first-order chi connectivity index (χ1) is 8.60. The summed E-state index contributed by atoms with van der Waals surface area (Å²) in [4.78, 5) is 22.3. The predicted octanol–water partition coefficient (Wildman–Crippen LogP) is 0.778. The quantitative estimate of drug-likeness (QED) is 0.463. The van der Waals surface area contributed by atoms with Crippen molar-refractivity contribution in [3.8, 4) is 6.07 Å². The van der Waals surface area contributed by atoms with Gasteiger partial charge in [-0.3, -0.25) is 4.79 Å². The van der Waals surface area contributed by atoms with E-state index in [1.165, 1.54) is 7.11 Å². The summed E-state index contributed by atoms with van der Waals surface area (Å²) in [6.07, 6.45) is 1.14. The fourth-order valence-electron chi connectivity index (χ4n) is 1.21. The molecule has 0 aliphatic carbocycles. The van der Waals surface area contributed by atoms with Gasteiger partial charge >= 0.3 is 5.97 Å². The standard InChI is InChI=1S/C12H11N3O3/c1-18-12(17)9-4-2-3-5-10(9)15-7-8(6-13)11(14)16/h2-5,7,15H,1H3,(H2,14,16)/b8-7-. The van der Waals surface area contributed by atoms with Crippen molar-refractivity contribution in [1.82, 2.24) is 0 Å². The first-order valence-corrected chi connectivity index (χ1v) is 4.94. The monoisotopic (exact) mass is 245 g/mol. The lowest BCUT2D eigenvalue weighted by atomic mass is 10.2. The lowest BCUT2D eigenvalue weighted by Crippen LogP contribution is -2.14. The van der Waals surface area contributed by atoms with Crippen molar-refractivity contribution in [2.75, 3.05) is 12.4 Å². The third-order valence-electron chi connectivity index (χ3n) is 2.09. The van der Waals surface area contributed by atoms with E-state index in [4.69, 9.17) is 11.0 Å². The summed E-state index contributed by atoms with van der Waals surface area (Å²) in [5, 5.41) is 11.3. The Kier molecular flexibility index (Phi) is 4.46. The van der Waals surface area contributed by atoms with Crippen LogP contribution in [-0.2, 0) is 9.53 Å². The highest BCUT2D eigenvalue weighted by atomic mass is 16.5. The molecule has 1 aromatic rings. The van der Waals surface area contributed by atoms with Crippen LogP contribution in [0.3, 0.4) is 0 Å². The molecule has 0 saturated heterocycles. The summed E-state index contributed by atoms with van der Waals surface area (Å²) in [6.45, 7) is 0. The van der Waals surface area contributed by atoms with Gasteiger partial charge in [0.2, 0.25) is 0 Å². The molecule has 18 heavy (non-hydrogen) atoms. The number of hydrogen-bond acceptors (Lipinski definition) is 5. The second-order valence-corrected chi connectivity index (χ2v) is 3.22. The molecule has 0 bridgehead atoms. The Morgan fingerprint density at radius 3 is 2.67 bits per heavy atom. The third kappa shape index (κ3) is 3.09. The number of primary amides is 1. The van der Waals surface area contributed by atoms with Crippen LogP contribution in [0.1, 0.15) is 10.4 Å². The van der Waals surface area contributed by atoms with Crippen LogP contribution >= 0.6 is 0 Å². The van der Waals surface area contributed by atoms with Crippen molar-refractivity contribution in [3.05, 3.63) is 41.6 Å². The molecule has 1 rings (SSSR count). The Labute approximate surface area is 104 Å². The normalized spacial score (nSPS) is 10.3. The molecule has 6 heteroatoms. The third-order valence-corrected chi connectivity index (χ3v) is 2.09. The summed E-state index contributed by atoms with van der Waals surface area (Å²) in [6, 6.07) is 8.17. The Bertz CT molecular complexity index is 544. The minimum absolute atomic E-state index is 0.241. The summed E-state index contributed by atoms with van der Waals surface area (Å²) < 4.78 is 4.60. The number of nitriles is 1. The first-order valence-electron chi connectivity index (χ1n) is 4.94. The van der Waals surface area contributed by atoms with Crippen molar-refractivity contribution >= 4 is 17.6 Å². The van der Waals surface area contributed by atoms with Crippen molar-refractivity contribution in [1.29, 1.82) is 5.26 Å². The first kappa shape index (κ1) is 13.3. The van der Waals surface area contributed by atoms with E-state index in [0.717, 1.165) is 6.20 Å². The molecular formula is C12H11N3O3. The Balaban J connectivity index is 3.02. The van der Waals surface area contributed by atoms with Gasteiger partial charge in [-0.1, -0.05) is 12.1 Å². The van der Waals surface area contributed by atoms with Crippen LogP contribution in [-0.4, -0.2) is 19.0 Å². The highest BCUT2D eigenvalue weighted by Gasteiger charge is 2.10. The highest BCUT2D eigenvalue weighted by molar-refractivity contribution is 5.98. The molecule has 0 atom stereocenters. The van der Waals surface area contributed by atoms with E-state index in [0.29, 0.717) is 5.69 Å². The number of benzene rings is 1. The van der Waals surface area contributed by atoms with Gasteiger partial charge in [0.25, 0.3) is 5.91 Å². The van der Waals surface area contributed by atoms with Crippen molar-refractivity contribution < 1.29 is 14.3 Å². The number of esters is 1. The molecule has 0 aliphatic rings. The molecule has 3 N–H and O–H groups in total. The summed E-state index contributed by atoms with van der Waals surface area (Å²) in [5.74, 6) is -1.37. The number of methoxy groups -OCH3 is 1. The molecule has 0 heterocycles. The fraction of sp³-hybridized carbons (Fsp3) is 0.0833. The number of carbonyl (C=O) groups is 2. The number of nitrogens with zero attached hydrogens (tertiary/aromatic N) is 1. The lowest BCUT2D eigenvalue weighted by Gasteiger charge is -2.07. The van der Waals surface area contributed by atoms with Gasteiger partial charge in [-0.2, -0.15) is 5.26 Å². The number of nitrogens with one attached hydrogen (secondary N) is 1. The number of rotatable bonds is 4. The summed E-state index contributed by atoms with van der Waals surface area (Å²) >= 11 is 0. The second-order valence-electron chi connectivity index (χ2n) is 3.22. The largest absolute Gasteiger partial charge is 0.465 e. The predicted molar refractivity (Wildman–Crippen MR) is 64.3 cm³/mol. The minimum Gasteiger partial charge on any atom is -0.465 e. The molecule has 0 saturated carbocycles. The van der Waals surface area contributed by atoms with Crippen molar-refractivity contribution in [2.45, 2.75) is 0 Å². The maximum absolute atomic E-state index is 11.4. The molecule has 0 aromatic heterocycles. The summed E-state index contributed by atoms with van der Waals surface area (Å²) in [5.41, 5.74) is 5.44. The molecule has 0 radical (unpaired) electrons. The van der Waals surface area contributed by atoms with Gasteiger partial charge in [0, 0.05) is 6.20 Å². The van der Waals surface area contributed by atoms with Crippen LogP contribution in [0.15, 0.2) is 36.0 Å². The molecule has 1 amide bonds. The van der Waals surface area contributed by atoms with Crippen LogP contribution in [0, 0.1) is 11.3 Å². The van der Waals surface area contributed by atoms with Crippen LogP contribution < -0.4 is 11.1 Å².